The topological polar surface area (TPSA) is 43.9 Å². The number of hydrogen-bond acceptors (Lipinski definition) is 3. The Hall–Kier alpha value is -1.95. The third-order valence-electron chi connectivity index (χ3n) is 3.61. The van der Waals surface area contributed by atoms with E-state index in [1.807, 2.05) is 4.90 Å². The minimum Gasteiger partial charge on any atom is -0.348 e. The molecule has 0 N–H and O–H groups in total. The quantitative estimate of drug-likeness (QED) is 0.823. The highest BCUT2D eigenvalue weighted by molar-refractivity contribution is 5.94. The first-order valence-corrected chi connectivity index (χ1v) is 6.94. The SMILES string of the molecule is CN(C)C(=O)CN1CCN(C(=O)c2ccc(F)cc2)CC1. The predicted octanol–water partition coefficient (Wildman–Crippen LogP) is 0.672. The largest absolute Gasteiger partial charge is 0.348 e. The van der Waals surface area contributed by atoms with Gasteiger partial charge in [-0.15, -0.1) is 0 Å². The van der Waals surface area contributed by atoms with E-state index in [4.69, 9.17) is 0 Å². The Bertz CT molecular complexity index is 508. The molecule has 0 unspecified atom stereocenters. The fraction of sp³-hybridized carbons (Fsp3) is 0.467. The molecule has 1 aliphatic heterocycles. The summed E-state index contributed by atoms with van der Waals surface area (Å²) in [5.41, 5.74) is 0.495. The maximum absolute atomic E-state index is 12.9. The van der Waals surface area contributed by atoms with E-state index < -0.39 is 0 Å². The van der Waals surface area contributed by atoms with E-state index in [0.717, 1.165) is 0 Å². The van der Waals surface area contributed by atoms with Gasteiger partial charge < -0.3 is 9.80 Å². The van der Waals surface area contributed by atoms with Crippen molar-refractivity contribution in [3.8, 4) is 0 Å². The number of carbonyl (C=O) groups is 2. The van der Waals surface area contributed by atoms with Gasteiger partial charge in [0.15, 0.2) is 0 Å². The number of rotatable bonds is 3. The van der Waals surface area contributed by atoms with Crippen LogP contribution >= 0.6 is 0 Å². The van der Waals surface area contributed by atoms with Gasteiger partial charge in [0.1, 0.15) is 5.82 Å². The number of amides is 2. The van der Waals surface area contributed by atoms with Crippen molar-refractivity contribution in [1.82, 2.24) is 14.7 Å². The molecule has 0 bridgehead atoms. The van der Waals surface area contributed by atoms with Crippen LogP contribution in [-0.2, 0) is 4.79 Å². The average molecular weight is 293 g/mol. The van der Waals surface area contributed by atoms with Crippen molar-refractivity contribution in [2.24, 2.45) is 0 Å². The van der Waals surface area contributed by atoms with Gasteiger partial charge >= 0.3 is 0 Å². The molecule has 1 aromatic rings. The van der Waals surface area contributed by atoms with Gasteiger partial charge in [-0.1, -0.05) is 0 Å². The van der Waals surface area contributed by atoms with Crippen LogP contribution in [0.25, 0.3) is 0 Å². The van der Waals surface area contributed by atoms with Crippen LogP contribution < -0.4 is 0 Å². The van der Waals surface area contributed by atoms with E-state index in [1.165, 1.54) is 24.3 Å². The molecule has 5 nitrogen and oxygen atoms in total. The second kappa shape index (κ2) is 6.67. The summed E-state index contributed by atoms with van der Waals surface area (Å²) >= 11 is 0. The lowest BCUT2D eigenvalue weighted by Gasteiger charge is -2.34. The molecule has 0 spiro atoms. The fourth-order valence-electron chi connectivity index (χ4n) is 2.22. The molecule has 1 fully saturated rings. The molecule has 6 heteroatoms. The molecule has 1 aliphatic rings. The first-order valence-electron chi connectivity index (χ1n) is 6.94. The number of halogens is 1. The van der Waals surface area contributed by atoms with Gasteiger partial charge in [0, 0.05) is 45.8 Å². The number of piperazine rings is 1. The molecule has 1 heterocycles. The number of carbonyl (C=O) groups excluding carboxylic acids is 2. The van der Waals surface area contributed by atoms with Crippen LogP contribution in [0.3, 0.4) is 0 Å². The zero-order chi connectivity index (χ0) is 15.4. The highest BCUT2D eigenvalue weighted by Gasteiger charge is 2.23. The Labute approximate surface area is 123 Å². The van der Waals surface area contributed by atoms with Gasteiger partial charge in [0.05, 0.1) is 6.54 Å². The standard InChI is InChI=1S/C15H20FN3O2/c1-17(2)14(20)11-18-7-9-19(10-8-18)15(21)12-3-5-13(16)6-4-12/h3-6H,7-11H2,1-2H3. The van der Waals surface area contributed by atoms with Gasteiger partial charge in [-0.05, 0) is 24.3 Å². The molecule has 1 aromatic carbocycles. The molecule has 0 saturated carbocycles. The molecule has 2 amide bonds. The monoisotopic (exact) mass is 293 g/mol. The summed E-state index contributed by atoms with van der Waals surface area (Å²) in [5.74, 6) is -0.375. The van der Waals surface area contributed by atoms with Crippen molar-refractivity contribution in [2.75, 3.05) is 46.8 Å². The van der Waals surface area contributed by atoms with E-state index in [2.05, 4.69) is 0 Å². The Balaban J connectivity index is 1.87. The smallest absolute Gasteiger partial charge is 0.253 e. The Morgan fingerprint density at radius 3 is 2.19 bits per heavy atom. The molecule has 0 radical (unpaired) electrons. The lowest BCUT2D eigenvalue weighted by Crippen LogP contribution is -2.51. The number of hydrogen-bond donors (Lipinski definition) is 0. The molecule has 1 saturated heterocycles. The second-order valence-corrected chi connectivity index (χ2v) is 5.36. The van der Waals surface area contributed by atoms with E-state index in [-0.39, 0.29) is 17.6 Å². The van der Waals surface area contributed by atoms with Crippen LogP contribution in [0.4, 0.5) is 4.39 Å². The van der Waals surface area contributed by atoms with Gasteiger partial charge in [0.25, 0.3) is 5.91 Å². The van der Waals surface area contributed by atoms with Crippen LogP contribution in [0.1, 0.15) is 10.4 Å². The van der Waals surface area contributed by atoms with Crippen molar-refractivity contribution in [3.63, 3.8) is 0 Å². The maximum Gasteiger partial charge on any atom is 0.253 e. The first-order chi connectivity index (χ1) is 9.97. The van der Waals surface area contributed by atoms with Gasteiger partial charge in [0.2, 0.25) is 5.91 Å². The molecular formula is C15H20FN3O2. The van der Waals surface area contributed by atoms with Crippen molar-refractivity contribution in [3.05, 3.63) is 35.6 Å². The highest BCUT2D eigenvalue weighted by Crippen LogP contribution is 2.10. The Kier molecular flexibility index (Phi) is 4.90. The lowest BCUT2D eigenvalue weighted by atomic mass is 10.2. The van der Waals surface area contributed by atoms with Crippen LogP contribution in [0, 0.1) is 5.82 Å². The van der Waals surface area contributed by atoms with Crippen LogP contribution in [0.2, 0.25) is 0 Å². The number of benzene rings is 1. The summed E-state index contributed by atoms with van der Waals surface area (Å²) in [5, 5.41) is 0. The molecule has 0 aliphatic carbocycles. The fourth-order valence-corrected chi connectivity index (χ4v) is 2.22. The Morgan fingerprint density at radius 1 is 1.10 bits per heavy atom. The lowest BCUT2D eigenvalue weighted by molar-refractivity contribution is -0.130. The molecule has 0 aromatic heterocycles. The van der Waals surface area contributed by atoms with Crippen molar-refractivity contribution < 1.29 is 14.0 Å². The second-order valence-electron chi connectivity index (χ2n) is 5.36. The summed E-state index contributed by atoms with van der Waals surface area (Å²) in [7, 11) is 3.47. The summed E-state index contributed by atoms with van der Waals surface area (Å²) in [6.45, 7) is 2.89. The summed E-state index contributed by atoms with van der Waals surface area (Å²) in [6.07, 6.45) is 0. The highest BCUT2D eigenvalue weighted by atomic mass is 19.1. The number of likely N-dealkylation sites (N-methyl/N-ethyl adjacent to an activating group) is 1. The third-order valence-corrected chi connectivity index (χ3v) is 3.61. The minimum absolute atomic E-state index is 0.0633. The Morgan fingerprint density at radius 2 is 1.67 bits per heavy atom. The number of nitrogens with zero attached hydrogens (tertiary/aromatic N) is 3. The third kappa shape index (κ3) is 4.01. The van der Waals surface area contributed by atoms with Crippen molar-refractivity contribution >= 4 is 11.8 Å². The van der Waals surface area contributed by atoms with Crippen LogP contribution in [0.15, 0.2) is 24.3 Å². The van der Waals surface area contributed by atoms with E-state index in [1.54, 1.807) is 23.9 Å². The summed E-state index contributed by atoms with van der Waals surface area (Å²) in [4.78, 5) is 29.2. The zero-order valence-electron chi connectivity index (χ0n) is 12.4. The molecule has 114 valence electrons. The molecular weight excluding hydrogens is 273 g/mol. The van der Waals surface area contributed by atoms with E-state index in [0.29, 0.717) is 38.3 Å². The maximum atomic E-state index is 12.9. The molecule has 2 rings (SSSR count). The van der Waals surface area contributed by atoms with Crippen LogP contribution in [0.5, 0.6) is 0 Å². The van der Waals surface area contributed by atoms with Crippen molar-refractivity contribution in [2.45, 2.75) is 0 Å². The average Bonchev–Trinajstić information content (AvgIpc) is 2.48. The predicted molar refractivity (Wildman–Crippen MR) is 77.4 cm³/mol. The van der Waals surface area contributed by atoms with Gasteiger partial charge in [-0.25, -0.2) is 4.39 Å². The van der Waals surface area contributed by atoms with Crippen LogP contribution in [-0.4, -0.2) is 73.3 Å². The van der Waals surface area contributed by atoms with E-state index >= 15 is 0 Å². The summed E-state index contributed by atoms with van der Waals surface area (Å²) < 4.78 is 12.9. The minimum atomic E-state index is -0.349. The van der Waals surface area contributed by atoms with Gasteiger partial charge in [-0.3, -0.25) is 14.5 Å². The van der Waals surface area contributed by atoms with Crippen molar-refractivity contribution in [1.29, 1.82) is 0 Å². The molecule has 0 atom stereocenters. The van der Waals surface area contributed by atoms with E-state index in [9.17, 15) is 14.0 Å². The summed E-state index contributed by atoms with van der Waals surface area (Å²) in [6, 6.07) is 5.58. The molecule has 21 heavy (non-hydrogen) atoms. The van der Waals surface area contributed by atoms with Gasteiger partial charge in [-0.2, -0.15) is 0 Å². The first kappa shape index (κ1) is 15.4. The normalized spacial score (nSPS) is 15.9. The zero-order valence-corrected chi connectivity index (χ0v) is 12.4.